The number of rotatable bonds is 6. The smallest absolute Gasteiger partial charge is 0.481 e. The van der Waals surface area contributed by atoms with Crippen LogP contribution in [0.5, 0.6) is 5.75 Å². The molecule has 0 bridgehead atoms. The molecule has 0 heterocycles. The summed E-state index contributed by atoms with van der Waals surface area (Å²) in [5.41, 5.74) is 5.47. The van der Waals surface area contributed by atoms with Crippen LogP contribution in [0.4, 0.5) is 18.9 Å². The Morgan fingerprint density at radius 2 is 2.10 bits per heavy atom. The Morgan fingerprint density at radius 1 is 1.45 bits per heavy atom. The van der Waals surface area contributed by atoms with Crippen LogP contribution in [0.25, 0.3) is 0 Å². The number of halogens is 3. The van der Waals surface area contributed by atoms with E-state index in [2.05, 4.69) is 4.74 Å². The van der Waals surface area contributed by atoms with Crippen LogP contribution in [0, 0.1) is 0 Å². The maximum atomic E-state index is 12.2. The summed E-state index contributed by atoms with van der Waals surface area (Å²) < 4.78 is 40.5. The fraction of sp³-hybridized carbons (Fsp3) is 0.462. The van der Waals surface area contributed by atoms with Gasteiger partial charge in [0, 0.05) is 0 Å². The number of para-hydroxylation sites is 1. The maximum Gasteiger partial charge on any atom is 0.573 e. The molecular weight excluding hydrogens is 275 g/mol. The highest BCUT2D eigenvalue weighted by molar-refractivity contribution is 5.79. The van der Waals surface area contributed by atoms with Gasteiger partial charge >= 0.3 is 12.3 Å². The fourth-order valence-electron chi connectivity index (χ4n) is 1.90. The van der Waals surface area contributed by atoms with Gasteiger partial charge in [-0.2, -0.15) is 0 Å². The summed E-state index contributed by atoms with van der Waals surface area (Å²) in [6, 6.07) is 3.77. The lowest BCUT2D eigenvalue weighted by Crippen LogP contribution is -2.19. The van der Waals surface area contributed by atoms with Crippen molar-refractivity contribution in [3.63, 3.8) is 0 Å². The third-order valence-electron chi connectivity index (χ3n) is 2.85. The number of nitrogen functional groups attached to an aromatic ring is 1. The van der Waals surface area contributed by atoms with Gasteiger partial charge < -0.3 is 15.6 Å². The second-order valence-corrected chi connectivity index (χ2v) is 4.34. The zero-order valence-corrected chi connectivity index (χ0v) is 10.9. The Balaban J connectivity index is 3.10. The molecule has 1 aromatic carbocycles. The lowest BCUT2D eigenvalue weighted by molar-refractivity contribution is -0.274. The third-order valence-corrected chi connectivity index (χ3v) is 2.85. The van der Waals surface area contributed by atoms with Crippen LogP contribution < -0.4 is 10.5 Å². The first-order valence-corrected chi connectivity index (χ1v) is 6.13. The van der Waals surface area contributed by atoms with Crippen molar-refractivity contribution in [3.05, 3.63) is 23.8 Å². The monoisotopic (exact) mass is 291 g/mol. The van der Waals surface area contributed by atoms with Gasteiger partial charge in [-0.3, -0.25) is 4.79 Å². The summed E-state index contributed by atoms with van der Waals surface area (Å²) in [6.45, 7) is 1.89. The average molecular weight is 291 g/mol. The van der Waals surface area contributed by atoms with E-state index in [4.69, 9.17) is 5.73 Å². The molecule has 7 heteroatoms. The number of carbonyl (C=O) groups is 1. The molecule has 0 fully saturated rings. The number of ether oxygens (including phenoxy) is 1. The van der Waals surface area contributed by atoms with Crippen molar-refractivity contribution in [1.82, 2.24) is 0 Å². The minimum atomic E-state index is -4.87. The van der Waals surface area contributed by atoms with Crippen LogP contribution in [0.2, 0.25) is 0 Å². The molecule has 0 saturated carbocycles. The van der Waals surface area contributed by atoms with Gasteiger partial charge in [-0.15, -0.1) is 13.2 Å². The predicted octanol–water partition coefficient (Wildman–Crippen LogP) is 3.53. The van der Waals surface area contributed by atoms with Gasteiger partial charge in [0.1, 0.15) is 0 Å². The lowest BCUT2D eigenvalue weighted by atomic mass is 9.92. The number of hydrogen-bond acceptors (Lipinski definition) is 3. The molecule has 1 rings (SSSR count). The van der Waals surface area contributed by atoms with E-state index in [0.29, 0.717) is 12.8 Å². The Labute approximate surface area is 114 Å². The van der Waals surface area contributed by atoms with E-state index in [1.165, 1.54) is 12.1 Å². The summed E-state index contributed by atoms with van der Waals surface area (Å²) in [5.74, 6) is -2.63. The number of carboxylic acids is 1. The van der Waals surface area contributed by atoms with Crippen LogP contribution in [-0.2, 0) is 4.79 Å². The third kappa shape index (κ3) is 4.32. The Bertz CT molecular complexity index is 474. The normalized spacial score (nSPS) is 13.0. The van der Waals surface area contributed by atoms with Gasteiger partial charge in [0.05, 0.1) is 11.6 Å². The number of aliphatic carboxylic acids is 1. The van der Waals surface area contributed by atoms with E-state index in [-0.39, 0.29) is 11.3 Å². The molecular formula is C13H16F3NO3. The van der Waals surface area contributed by atoms with Crippen molar-refractivity contribution >= 4 is 11.7 Å². The SMILES string of the molecule is CCCCC(C(=O)O)c1cccc(OC(F)(F)F)c1N. The molecule has 0 spiro atoms. The highest BCUT2D eigenvalue weighted by Gasteiger charge is 2.33. The van der Waals surface area contributed by atoms with E-state index in [1.807, 2.05) is 6.92 Å². The van der Waals surface area contributed by atoms with Crippen molar-refractivity contribution in [2.75, 3.05) is 5.73 Å². The lowest BCUT2D eigenvalue weighted by Gasteiger charge is -2.18. The molecule has 0 amide bonds. The molecule has 0 aliphatic rings. The average Bonchev–Trinajstić information content (AvgIpc) is 2.32. The zero-order valence-electron chi connectivity index (χ0n) is 10.9. The predicted molar refractivity (Wildman–Crippen MR) is 67.4 cm³/mol. The Kier molecular flexibility index (Phi) is 5.24. The zero-order chi connectivity index (χ0) is 15.3. The maximum absolute atomic E-state index is 12.2. The minimum absolute atomic E-state index is 0.146. The number of unbranched alkanes of at least 4 members (excludes halogenated alkanes) is 1. The van der Waals surface area contributed by atoms with E-state index in [9.17, 15) is 23.1 Å². The largest absolute Gasteiger partial charge is 0.573 e. The first-order valence-electron chi connectivity index (χ1n) is 6.13. The first kappa shape index (κ1) is 16.1. The molecule has 1 atom stereocenters. The van der Waals surface area contributed by atoms with Gasteiger partial charge in [-0.1, -0.05) is 31.9 Å². The summed E-state index contributed by atoms with van der Waals surface area (Å²) >= 11 is 0. The van der Waals surface area contributed by atoms with E-state index in [1.54, 1.807) is 0 Å². The number of benzene rings is 1. The molecule has 0 radical (unpaired) electrons. The molecule has 0 saturated heterocycles. The van der Waals surface area contributed by atoms with Crippen LogP contribution in [0.1, 0.15) is 37.7 Å². The second kappa shape index (κ2) is 6.49. The van der Waals surface area contributed by atoms with E-state index in [0.717, 1.165) is 12.5 Å². The quantitative estimate of drug-likeness (QED) is 0.786. The number of anilines is 1. The van der Waals surface area contributed by atoms with Crippen molar-refractivity contribution < 1.29 is 27.8 Å². The summed E-state index contributed by atoms with van der Waals surface area (Å²) in [4.78, 5) is 11.2. The topological polar surface area (TPSA) is 72.5 Å². The molecule has 1 aromatic rings. The first-order chi connectivity index (χ1) is 9.26. The summed E-state index contributed by atoms with van der Waals surface area (Å²) in [6.07, 6.45) is -3.14. The molecule has 112 valence electrons. The molecule has 3 N–H and O–H groups in total. The van der Waals surface area contributed by atoms with Crippen molar-refractivity contribution in [3.8, 4) is 5.75 Å². The molecule has 0 aliphatic heterocycles. The Hall–Kier alpha value is -1.92. The molecule has 1 unspecified atom stereocenters. The van der Waals surface area contributed by atoms with Gasteiger partial charge in [0.2, 0.25) is 0 Å². The van der Waals surface area contributed by atoms with Gasteiger partial charge in [0.25, 0.3) is 0 Å². The number of carboxylic acid groups (broad SMARTS) is 1. The van der Waals surface area contributed by atoms with Crippen molar-refractivity contribution in [2.24, 2.45) is 0 Å². The van der Waals surface area contributed by atoms with E-state index < -0.39 is 24.0 Å². The van der Waals surface area contributed by atoms with E-state index >= 15 is 0 Å². The molecule has 0 aromatic heterocycles. The number of alkyl halides is 3. The minimum Gasteiger partial charge on any atom is -0.481 e. The molecule has 20 heavy (non-hydrogen) atoms. The van der Waals surface area contributed by atoms with Gasteiger partial charge in [-0.05, 0) is 18.1 Å². The van der Waals surface area contributed by atoms with Crippen LogP contribution in [0.3, 0.4) is 0 Å². The highest BCUT2D eigenvalue weighted by Crippen LogP contribution is 2.36. The fourth-order valence-corrected chi connectivity index (χ4v) is 1.90. The Morgan fingerprint density at radius 3 is 2.60 bits per heavy atom. The molecule has 4 nitrogen and oxygen atoms in total. The number of nitrogens with two attached hydrogens (primary N) is 1. The number of hydrogen-bond donors (Lipinski definition) is 2. The van der Waals surface area contributed by atoms with Crippen LogP contribution in [0.15, 0.2) is 18.2 Å². The van der Waals surface area contributed by atoms with Gasteiger partial charge in [0.15, 0.2) is 5.75 Å². The van der Waals surface area contributed by atoms with Crippen LogP contribution in [-0.4, -0.2) is 17.4 Å². The summed E-state index contributed by atoms with van der Waals surface area (Å²) in [7, 11) is 0. The standard InChI is InChI=1S/C13H16F3NO3/c1-2-3-5-9(12(18)19)8-6-4-7-10(11(8)17)20-13(14,15)16/h4,6-7,9H,2-3,5,17H2,1H3,(H,18,19). The van der Waals surface area contributed by atoms with Crippen LogP contribution >= 0.6 is 0 Å². The van der Waals surface area contributed by atoms with Crippen molar-refractivity contribution in [1.29, 1.82) is 0 Å². The highest BCUT2D eigenvalue weighted by atomic mass is 19.4. The summed E-state index contributed by atoms with van der Waals surface area (Å²) in [5, 5.41) is 9.18. The second-order valence-electron chi connectivity index (χ2n) is 4.34. The van der Waals surface area contributed by atoms with Gasteiger partial charge in [-0.25, -0.2) is 0 Å². The van der Waals surface area contributed by atoms with Crippen molar-refractivity contribution in [2.45, 2.75) is 38.5 Å². The molecule has 0 aliphatic carbocycles.